The maximum atomic E-state index is 11.4. The summed E-state index contributed by atoms with van der Waals surface area (Å²) in [7, 11) is 1.58. The molecule has 0 aromatic heterocycles. The van der Waals surface area contributed by atoms with Crippen LogP contribution < -0.4 is 9.64 Å². The molecule has 0 atom stereocenters. The second-order valence-corrected chi connectivity index (χ2v) is 3.39. The topological polar surface area (TPSA) is 46.6 Å². The molecule has 1 aliphatic rings. The highest BCUT2D eigenvalue weighted by molar-refractivity contribution is 6.15. The highest BCUT2D eigenvalue weighted by atomic mass is 16.5. The molecule has 1 aromatic rings. The fraction of sp³-hybridized carbons (Fsp3) is 0.273. The van der Waals surface area contributed by atoms with Gasteiger partial charge in [-0.2, -0.15) is 0 Å². The van der Waals surface area contributed by atoms with Gasteiger partial charge in [0.15, 0.2) is 5.78 Å². The van der Waals surface area contributed by atoms with Crippen LogP contribution in [0.25, 0.3) is 0 Å². The molecule has 0 spiro atoms. The largest absolute Gasteiger partial charge is 0.497 e. The lowest BCUT2D eigenvalue weighted by atomic mass is 10.3. The van der Waals surface area contributed by atoms with Crippen molar-refractivity contribution in [2.24, 2.45) is 0 Å². The second-order valence-electron chi connectivity index (χ2n) is 3.39. The summed E-state index contributed by atoms with van der Waals surface area (Å²) in [5, 5.41) is 0. The molecule has 78 valence electrons. The van der Waals surface area contributed by atoms with Crippen molar-refractivity contribution in [1.29, 1.82) is 0 Å². The highest BCUT2D eigenvalue weighted by Gasteiger charge is 2.28. The Bertz CT molecular complexity index is 397. The summed E-state index contributed by atoms with van der Waals surface area (Å²) >= 11 is 0. The van der Waals surface area contributed by atoms with Gasteiger partial charge in [-0.25, -0.2) is 0 Å². The van der Waals surface area contributed by atoms with Crippen LogP contribution in [0.1, 0.15) is 6.42 Å². The molecule has 0 N–H and O–H groups in total. The number of methoxy groups -OCH3 is 1. The quantitative estimate of drug-likeness (QED) is 0.677. The Balaban J connectivity index is 2.22. The fourth-order valence-electron chi connectivity index (χ4n) is 1.58. The lowest BCUT2D eigenvalue weighted by Gasteiger charge is -2.14. The van der Waals surface area contributed by atoms with Crippen LogP contribution in [-0.4, -0.2) is 25.3 Å². The van der Waals surface area contributed by atoms with Gasteiger partial charge >= 0.3 is 0 Å². The molecule has 15 heavy (non-hydrogen) atoms. The van der Waals surface area contributed by atoms with Gasteiger partial charge in [0.05, 0.1) is 20.1 Å². The van der Waals surface area contributed by atoms with Crippen LogP contribution in [0.5, 0.6) is 5.75 Å². The molecule has 0 unspecified atom stereocenters. The van der Waals surface area contributed by atoms with Gasteiger partial charge in [0.1, 0.15) is 5.75 Å². The number of hydrogen-bond donors (Lipinski definition) is 0. The summed E-state index contributed by atoms with van der Waals surface area (Å²) in [6, 6.07) is 7.08. The highest BCUT2D eigenvalue weighted by Crippen LogP contribution is 2.22. The molecule has 0 bridgehead atoms. The van der Waals surface area contributed by atoms with E-state index in [-0.39, 0.29) is 24.7 Å². The summed E-state index contributed by atoms with van der Waals surface area (Å²) in [6.07, 6.45) is 0.0199. The molecule has 1 fully saturated rings. The lowest BCUT2D eigenvalue weighted by Crippen LogP contribution is -2.24. The number of amides is 1. The number of ketones is 1. The van der Waals surface area contributed by atoms with E-state index in [0.717, 1.165) is 11.4 Å². The molecule has 4 heteroatoms. The van der Waals surface area contributed by atoms with Gasteiger partial charge < -0.3 is 9.64 Å². The smallest absolute Gasteiger partial charge is 0.234 e. The van der Waals surface area contributed by atoms with Crippen molar-refractivity contribution in [2.75, 3.05) is 18.6 Å². The van der Waals surface area contributed by atoms with Gasteiger partial charge in [-0.15, -0.1) is 0 Å². The van der Waals surface area contributed by atoms with Gasteiger partial charge in [0, 0.05) is 5.69 Å². The molecular formula is C11H11NO3. The first kappa shape index (κ1) is 9.71. The number of benzene rings is 1. The minimum atomic E-state index is -0.134. The van der Waals surface area contributed by atoms with Gasteiger partial charge in [-0.3, -0.25) is 9.59 Å². The Hall–Kier alpha value is -1.84. The Morgan fingerprint density at radius 1 is 1.20 bits per heavy atom. The molecular weight excluding hydrogens is 194 g/mol. The molecule has 0 aliphatic carbocycles. The van der Waals surface area contributed by atoms with Crippen LogP contribution in [-0.2, 0) is 9.59 Å². The van der Waals surface area contributed by atoms with Gasteiger partial charge in [0.2, 0.25) is 5.91 Å². The standard InChI is InChI=1S/C11H11NO3/c1-15-10-4-2-8(3-5-10)12-7-9(13)6-11(12)14/h2-5H,6-7H2,1H3. The van der Waals surface area contributed by atoms with E-state index >= 15 is 0 Å². The Kier molecular flexibility index (Phi) is 2.41. The first-order chi connectivity index (χ1) is 7.20. The molecule has 0 saturated carbocycles. The molecule has 0 radical (unpaired) electrons. The predicted molar refractivity (Wildman–Crippen MR) is 55.0 cm³/mol. The summed E-state index contributed by atoms with van der Waals surface area (Å²) in [5.41, 5.74) is 0.742. The monoisotopic (exact) mass is 205 g/mol. The van der Waals surface area contributed by atoms with Crippen LogP contribution in [0.4, 0.5) is 5.69 Å². The number of Topliss-reactive ketones (excluding diaryl/α,β-unsaturated/α-hetero) is 1. The van der Waals surface area contributed by atoms with Crippen molar-refractivity contribution >= 4 is 17.4 Å². The third kappa shape index (κ3) is 1.83. The van der Waals surface area contributed by atoms with E-state index in [9.17, 15) is 9.59 Å². The van der Waals surface area contributed by atoms with E-state index in [1.807, 2.05) is 0 Å². The molecule has 1 aliphatic heterocycles. The molecule has 1 saturated heterocycles. The number of rotatable bonds is 2. The second kappa shape index (κ2) is 3.73. The van der Waals surface area contributed by atoms with E-state index in [0.29, 0.717) is 0 Å². The summed E-state index contributed by atoms with van der Waals surface area (Å²) in [6.45, 7) is 0.186. The van der Waals surface area contributed by atoms with Crippen molar-refractivity contribution in [3.05, 3.63) is 24.3 Å². The Morgan fingerprint density at radius 2 is 1.87 bits per heavy atom. The number of ether oxygens (including phenoxy) is 1. The minimum absolute atomic E-state index is 0.0199. The first-order valence-electron chi connectivity index (χ1n) is 4.67. The van der Waals surface area contributed by atoms with Crippen LogP contribution in [0.3, 0.4) is 0 Å². The Morgan fingerprint density at radius 3 is 2.33 bits per heavy atom. The van der Waals surface area contributed by atoms with Crippen molar-refractivity contribution in [1.82, 2.24) is 0 Å². The van der Waals surface area contributed by atoms with Crippen LogP contribution in [0.2, 0.25) is 0 Å². The summed E-state index contributed by atoms with van der Waals surface area (Å²) in [4.78, 5) is 24.0. The first-order valence-corrected chi connectivity index (χ1v) is 4.67. The maximum absolute atomic E-state index is 11.4. The van der Waals surface area contributed by atoms with Crippen molar-refractivity contribution in [2.45, 2.75) is 6.42 Å². The van der Waals surface area contributed by atoms with E-state index in [2.05, 4.69) is 0 Å². The minimum Gasteiger partial charge on any atom is -0.497 e. The van der Waals surface area contributed by atoms with Crippen molar-refractivity contribution < 1.29 is 14.3 Å². The molecule has 1 aromatic carbocycles. The zero-order valence-corrected chi connectivity index (χ0v) is 8.40. The predicted octanol–water partition coefficient (Wildman–Crippen LogP) is 1.00. The average molecular weight is 205 g/mol. The van der Waals surface area contributed by atoms with Gasteiger partial charge in [-0.05, 0) is 24.3 Å². The molecule has 2 rings (SSSR count). The third-order valence-corrected chi connectivity index (χ3v) is 2.37. The number of nitrogens with zero attached hydrogens (tertiary/aromatic N) is 1. The number of hydrogen-bond acceptors (Lipinski definition) is 3. The number of anilines is 1. The normalized spacial score (nSPS) is 15.9. The van der Waals surface area contributed by atoms with Gasteiger partial charge in [-0.1, -0.05) is 0 Å². The van der Waals surface area contributed by atoms with Crippen LogP contribution in [0.15, 0.2) is 24.3 Å². The zero-order chi connectivity index (χ0) is 10.8. The molecule has 4 nitrogen and oxygen atoms in total. The zero-order valence-electron chi connectivity index (χ0n) is 8.40. The van der Waals surface area contributed by atoms with Crippen molar-refractivity contribution in [3.63, 3.8) is 0 Å². The molecule has 1 amide bonds. The summed E-state index contributed by atoms with van der Waals surface area (Å²) in [5.74, 6) is 0.567. The van der Waals surface area contributed by atoms with Crippen LogP contribution in [0, 0.1) is 0 Å². The van der Waals surface area contributed by atoms with E-state index in [1.54, 1.807) is 31.4 Å². The SMILES string of the molecule is COc1ccc(N2CC(=O)CC2=O)cc1. The maximum Gasteiger partial charge on any atom is 0.234 e. The van der Waals surface area contributed by atoms with Crippen LogP contribution >= 0.6 is 0 Å². The lowest BCUT2D eigenvalue weighted by molar-refractivity contribution is -0.121. The summed E-state index contributed by atoms with van der Waals surface area (Å²) < 4.78 is 5.01. The van der Waals surface area contributed by atoms with E-state index in [4.69, 9.17) is 4.74 Å². The third-order valence-electron chi connectivity index (χ3n) is 2.37. The number of carbonyl (C=O) groups is 2. The van der Waals surface area contributed by atoms with E-state index < -0.39 is 0 Å². The average Bonchev–Trinajstić information content (AvgIpc) is 2.58. The molecule has 1 heterocycles. The van der Waals surface area contributed by atoms with Crippen molar-refractivity contribution in [3.8, 4) is 5.75 Å². The fourth-order valence-corrected chi connectivity index (χ4v) is 1.58. The van der Waals surface area contributed by atoms with Gasteiger partial charge in [0.25, 0.3) is 0 Å². The Labute approximate surface area is 87.4 Å². The van der Waals surface area contributed by atoms with E-state index in [1.165, 1.54) is 4.90 Å². The number of carbonyl (C=O) groups excluding carboxylic acids is 2.